The maximum atomic E-state index is 0. The summed E-state index contributed by atoms with van der Waals surface area (Å²) in [6.45, 7) is 0. The molecule has 0 nitrogen and oxygen atoms in total. The molecule has 0 fully saturated rings. The van der Waals surface area contributed by atoms with E-state index in [1.54, 1.807) is 0 Å². The van der Waals surface area contributed by atoms with Gasteiger partial charge in [0.05, 0.1) is 0 Å². The second kappa shape index (κ2) is 15.9. The topological polar surface area (TPSA) is 0 Å². The fourth-order valence-corrected chi connectivity index (χ4v) is 0. The molecule has 0 aromatic rings. The van der Waals surface area contributed by atoms with Crippen LogP contribution >= 0.6 is 0 Å². The Labute approximate surface area is 113 Å². The molecule has 0 aromatic carbocycles. The van der Waals surface area contributed by atoms with Crippen LogP contribution in [0, 0.1) is 0 Å². The fraction of sp³-hybridized carbons (Fsp3) is 0. The van der Waals surface area contributed by atoms with Crippen molar-refractivity contribution in [2.75, 3.05) is 0 Å². The molecule has 0 bridgehead atoms. The first kappa shape index (κ1) is 25.1. The van der Waals surface area contributed by atoms with E-state index in [0.29, 0.717) is 0 Å². The van der Waals surface area contributed by atoms with Crippen LogP contribution in [0.1, 0.15) is 0 Å². The molecule has 0 aliphatic carbocycles. The third-order valence-electron chi connectivity index (χ3n) is 0. The van der Waals surface area contributed by atoms with Crippen LogP contribution in [0.2, 0.25) is 0 Å². The predicted octanol–water partition coefficient (Wildman–Crippen LogP) is -3.38. The molecule has 0 saturated heterocycles. The molecule has 4 heteroatoms. The van der Waals surface area contributed by atoms with Gasteiger partial charge in [-0.1, -0.05) is 0 Å². The summed E-state index contributed by atoms with van der Waals surface area (Å²) in [5.74, 6) is 0. The van der Waals surface area contributed by atoms with E-state index in [-0.39, 0.29) is 117 Å². The molecule has 0 unspecified atom stereocenters. The molecular formula is AlKTiZr+8. The van der Waals surface area contributed by atoms with Gasteiger partial charge in [0.1, 0.15) is 0 Å². The normalized spacial score (nSPS) is 0. The van der Waals surface area contributed by atoms with Gasteiger partial charge in [0.15, 0.2) is 0 Å². The summed E-state index contributed by atoms with van der Waals surface area (Å²) in [5.41, 5.74) is 0. The molecule has 0 aliphatic rings. The zero-order chi connectivity index (χ0) is 0. The summed E-state index contributed by atoms with van der Waals surface area (Å²) < 4.78 is 0. The summed E-state index contributed by atoms with van der Waals surface area (Å²) in [6, 6.07) is 0. The minimum Gasteiger partial charge on any atom is 1.00 e. The summed E-state index contributed by atoms with van der Waals surface area (Å²) in [5, 5.41) is 0. The Kier molecular flexibility index (Phi) is 99.4. The Balaban J connectivity index is 0. The second-order valence-corrected chi connectivity index (χ2v) is 0. The van der Waals surface area contributed by atoms with Gasteiger partial charge in [-0.2, -0.15) is 0 Å². The van der Waals surface area contributed by atoms with E-state index in [0.717, 1.165) is 0 Å². The second-order valence-electron chi connectivity index (χ2n) is 0. The average molecular weight is 205 g/mol. The van der Waals surface area contributed by atoms with Crippen LogP contribution in [0.5, 0.6) is 0 Å². The van der Waals surface area contributed by atoms with Crippen molar-refractivity contribution in [3.8, 4) is 0 Å². The van der Waals surface area contributed by atoms with E-state index >= 15 is 0 Å². The van der Waals surface area contributed by atoms with Gasteiger partial charge < -0.3 is 0 Å². The zero-order valence-corrected chi connectivity index (χ0v) is 10.9. The predicted molar refractivity (Wildman–Crippen MR) is 5.75 cm³/mol. The Morgan fingerprint density at radius 2 is 1.00 bits per heavy atom. The van der Waals surface area contributed by atoms with Gasteiger partial charge in [0.2, 0.25) is 0 Å². The molecule has 0 radical (unpaired) electrons. The van der Waals surface area contributed by atoms with Gasteiger partial charge >= 0.3 is 117 Å². The van der Waals surface area contributed by atoms with Crippen molar-refractivity contribution >= 4 is 17.4 Å². The van der Waals surface area contributed by atoms with Crippen LogP contribution in [-0.2, 0) is 47.9 Å². The standard InChI is InChI=1S/Al.K.Ti.Zr/q+3;+1;2*+2. The van der Waals surface area contributed by atoms with Gasteiger partial charge in [-0.3, -0.25) is 0 Å². The van der Waals surface area contributed by atoms with Crippen LogP contribution in [-0.4, -0.2) is 17.4 Å². The first-order chi connectivity index (χ1) is 0. The van der Waals surface area contributed by atoms with Gasteiger partial charge in [-0.05, 0) is 0 Å². The van der Waals surface area contributed by atoms with E-state index in [4.69, 9.17) is 0 Å². The fourth-order valence-electron chi connectivity index (χ4n) is 0. The molecule has 0 spiro atoms. The van der Waals surface area contributed by atoms with Gasteiger partial charge in [0.25, 0.3) is 0 Å². The molecule has 0 aliphatic heterocycles. The summed E-state index contributed by atoms with van der Waals surface area (Å²) in [7, 11) is 0. The molecular weight excluding hydrogens is 205 g/mol. The summed E-state index contributed by atoms with van der Waals surface area (Å²) >= 11 is 0. The van der Waals surface area contributed by atoms with Crippen molar-refractivity contribution in [1.82, 2.24) is 0 Å². The van der Waals surface area contributed by atoms with Crippen molar-refractivity contribution in [1.29, 1.82) is 0 Å². The molecule has 4 heavy (non-hydrogen) atoms. The van der Waals surface area contributed by atoms with Gasteiger partial charge in [0, 0.05) is 0 Å². The molecule has 0 amide bonds. The molecule has 4 valence electrons. The quantitative estimate of drug-likeness (QED) is 0.362. The molecule has 0 aromatic heterocycles. The Morgan fingerprint density at radius 1 is 1.00 bits per heavy atom. The van der Waals surface area contributed by atoms with Crippen LogP contribution in [0.15, 0.2) is 0 Å². The van der Waals surface area contributed by atoms with Gasteiger partial charge in [-0.25, -0.2) is 0 Å². The van der Waals surface area contributed by atoms with Crippen molar-refractivity contribution in [3.63, 3.8) is 0 Å². The van der Waals surface area contributed by atoms with Crippen LogP contribution < -0.4 is 51.4 Å². The largest absolute Gasteiger partial charge is 3.00 e. The number of hydrogen-bond acceptors (Lipinski definition) is 0. The Hall–Kier alpha value is 3.77. The summed E-state index contributed by atoms with van der Waals surface area (Å²) in [4.78, 5) is 0. The van der Waals surface area contributed by atoms with Crippen molar-refractivity contribution in [3.05, 3.63) is 0 Å². The van der Waals surface area contributed by atoms with Crippen molar-refractivity contribution < 1.29 is 99.3 Å². The van der Waals surface area contributed by atoms with E-state index in [1.807, 2.05) is 0 Å². The minimum absolute atomic E-state index is 0. The maximum absolute atomic E-state index is 0. The molecule has 0 rings (SSSR count). The van der Waals surface area contributed by atoms with Crippen molar-refractivity contribution in [2.24, 2.45) is 0 Å². The Morgan fingerprint density at radius 3 is 1.00 bits per heavy atom. The van der Waals surface area contributed by atoms with Crippen LogP contribution in [0.3, 0.4) is 0 Å². The Bertz CT molecular complexity index is 8.00. The average Bonchev–Trinajstić information content (AvgIpc) is 0. The van der Waals surface area contributed by atoms with Crippen LogP contribution in [0.25, 0.3) is 0 Å². The van der Waals surface area contributed by atoms with E-state index < -0.39 is 0 Å². The SMILES string of the molecule is [Al+3].[K+].[Ti+2].[Zr+2]. The number of rotatable bonds is 0. The maximum Gasteiger partial charge on any atom is 3.00 e. The number of hydrogen-bond donors (Lipinski definition) is 0. The third kappa shape index (κ3) is 9.23. The van der Waals surface area contributed by atoms with E-state index in [9.17, 15) is 0 Å². The van der Waals surface area contributed by atoms with E-state index in [1.165, 1.54) is 0 Å². The summed E-state index contributed by atoms with van der Waals surface area (Å²) in [6.07, 6.45) is 0. The first-order valence-corrected chi connectivity index (χ1v) is 0. The van der Waals surface area contributed by atoms with Crippen molar-refractivity contribution in [2.45, 2.75) is 0 Å². The molecule has 0 saturated carbocycles. The van der Waals surface area contributed by atoms with Crippen LogP contribution in [0.4, 0.5) is 0 Å². The smallest absolute Gasteiger partial charge is 1.00 e. The molecule has 0 N–H and O–H groups in total. The van der Waals surface area contributed by atoms with E-state index in [2.05, 4.69) is 0 Å². The van der Waals surface area contributed by atoms with Gasteiger partial charge in [-0.15, -0.1) is 0 Å². The molecule has 0 atom stereocenters. The monoisotopic (exact) mass is 204 g/mol. The first-order valence-electron chi connectivity index (χ1n) is 0. The zero-order valence-electron chi connectivity index (χ0n) is 2.58. The third-order valence-corrected chi connectivity index (χ3v) is 0. The minimum atomic E-state index is 0. The molecule has 0 heterocycles.